The smallest absolute Gasteiger partial charge is 0.263 e. The van der Waals surface area contributed by atoms with E-state index in [1.54, 1.807) is 4.57 Å². The number of aromatic nitrogens is 2. The molecule has 0 aliphatic carbocycles. The van der Waals surface area contributed by atoms with Gasteiger partial charge in [-0.25, -0.2) is 0 Å². The molecule has 0 bridgehead atoms. The predicted octanol–water partition coefficient (Wildman–Crippen LogP) is 3.69. The van der Waals surface area contributed by atoms with Crippen LogP contribution < -0.4 is 11.2 Å². The van der Waals surface area contributed by atoms with Crippen molar-refractivity contribution in [1.29, 1.82) is 5.41 Å². The largest absolute Gasteiger partial charge is 0.307 e. The minimum Gasteiger partial charge on any atom is -0.307 e. The maximum Gasteiger partial charge on any atom is 0.263 e. The average molecular weight is 355 g/mol. The molecule has 1 heterocycles. The van der Waals surface area contributed by atoms with Gasteiger partial charge in [-0.2, -0.15) is 0 Å². The van der Waals surface area contributed by atoms with Gasteiger partial charge in [0.25, 0.3) is 5.56 Å². The standard InChI is InChI=1S/C23H21N3O/c1-17-11-13-19(14-12-17)15-25-21-10-6-5-9-20(21)22(27)26(23(25)24)16-18-7-3-2-4-8-18/h2-14,24H,15-16H2,1H3. The molecule has 4 nitrogen and oxygen atoms in total. The summed E-state index contributed by atoms with van der Waals surface area (Å²) in [6, 6.07) is 25.6. The topological polar surface area (TPSA) is 50.8 Å². The monoisotopic (exact) mass is 355 g/mol. The van der Waals surface area contributed by atoms with Crippen molar-refractivity contribution in [2.24, 2.45) is 0 Å². The molecule has 1 N–H and O–H groups in total. The lowest BCUT2D eigenvalue weighted by molar-refractivity contribution is 0.603. The Morgan fingerprint density at radius 3 is 2.07 bits per heavy atom. The molecule has 0 atom stereocenters. The molecule has 0 saturated carbocycles. The molecule has 0 amide bonds. The van der Waals surface area contributed by atoms with Crippen molar-refractivity contribution in [3.63, 3.8) is 0 Å². The molecule has 3 aromatic carbocycles. The van der Waals surface area contributed by atoms with Gasteiger partial charge in [-0.3, -0.25) is 14.8 Å². The van der Waals surface area contributed by atoms with E-state index in [1.807, 2.05) is 59.2 Å². The number of nitrogens with one attached hydrogen (secondary N) is 1. The van der Waals surface area contributed by atoms with Crippen LogP contribution in [0.1, 0.15) is 16.7 Å². The second kappa shape index (κ2) is 7.08. The zero-order valence-electron chi connectivity index (χ0n) is 15.2. The van der Waals surface area contributed by atoms with E-state index in [4.69, 9.17) is 5.41 Å². The molecule has 1 aromatic heterocycles. The van der Waals surface area contributed by atoms with Gasteiger partial charge in [0, 0.05) is 0 Å². The van der Waals surface area contributed by atoms with Crippen molar-refractivity contribution in [2.45, 2.75) is 20.0 Å². The first-order valence-electron chi connectivity index (χ1n) is 9.00. The molecular formula is C23H21N3O. The number of hydrogen-bond acceptors (Lipinski definition) is 2. The summed E-state index contributed by atoms with van der Waals surface area (Å²) in [6.45, 7) is 2.99. The van der Waals surface area contributed by atoms with Crippen LogP contribution in [0.4, 0.5) is 0 Å². The Morgan fingerprint density at radius 2 is 1.33 bits per heavy atom. The van der Waals surface area contributed by atoms with Crippen molar-refractivity contribution in [2.75, 3.05) is 0 Å². The van der Waals surface area contributed by atoms with E-state index in [2.05, 4.69) is 31.2 Å². The summed E-state index contributed by atoms with van der Waals surface area (Å²) in [5.74, 6) is 0. The van der Waals surface area contributed by atoms with Crippen LogP contribution in [0, 0.1) is 12.3 Å². The molecule has 4 rings (SSSR count). The fourth-order valence-corrected chi connectivity index (χ4v) is 3.34. The normalized spacial score (nSPS) is 11.0. The SMILES string of the molecule is Cc1ccc(Cn2c(=N)n(Cc3ccccc3)c(=O)c3ccccc32)cc1. The Hall–Kier alpha value is -3.40. The van der Waals surface area contributed by atoms with E-state index in [0.717, 1.165) is 16.6 Å². The maximum atomic E-state index is 13.0. The lowest BCUT2D eigenvalue weighted by Gasteiger charge is -2.16. The third-order valence-corrected chi connectivity index (χ3v) is 4.83. The summed E-state index contributed by atoms with van der Waals surface area (Å²) >= 11 is 0. The molecule has 0 unspecified atom stereocenters. The summed E-state index contributed by atoms with van der Waals surface area (Å²) in [5.41, 5.74) is 4.19. The maximum absolute atomic E-state index is 13.0. The van der Waals surface area contributed by atoms with Crippen molar-refractivity contribution in [3.8, 4) is 0 Å². The first kappa shape index (κ1) is 17.0. The molecular weight excluding hydrogens is 334 g/mol. The highest BCUT2D eigenvalue weighted by Gasteiger charge is 2.11. The fourth-order valence-electron chi connectivity index (χ4n) is 3.34. The lowest BCUT2D eigenvalue weighted by atomic mass is 10.1. The van der Waals surface area contributed by atoms with Crippen LogP contribution in [0.15, 0.2) is 83.7 Å². The molecule has 134 valence electrons. The first-order valence-corrected chi connectivity index (χ1v) is 9.00. The van der Waals surface area contributed by atoms with Crippen LogP contribution in [0.2, 0.25) is 0 Å². The lowest BCUT2D eigenvalue weighted by Crippen LogP contribution is -2.40. The highest BCUT2D eigenvalue weighted by Crippen LogP contribution is 2.11. The van der Waals surface area contributed by atoms with Gasteiger partial charge in [0.1, 0.15) is 0 Å². The van der Waals surface area contributed by atoms with Gasteiger partial charge < -0.3 is 4.57 Å². The summed E-state index contributed by atoms with van der Waals surface area (Å²) in [6.07, 6.45) is 0. The van der Waals surface area contributed by atoms with Crippen molar-refractivity contribution >= 4 is 10.9 Å². The van der Waals surface area contributed by atoms with Crippen molar-refractivity contribution < 1.29 is 0 Å². The van der Waals surface area contributed by atoms with Gasteiger partial charge in [-0.05, 0) is 30.2 Å². The first-order chi connectivity index (χ1) is 13.1. The van der Waals surface area contributed by atoms with Crippen LogP contribution in [0.5, 0.6) is 0 Å². The van der Waals surface area contributed by atoms with E-state index in [1.165, 1.54) is 5.56 Å². The molecule has 4 aromatic rings. The van der Waals surface area contributed by atoms with E-state index >= 15 is 0 Å². The summed E-state index contributed by atoms with van der Waals surface area (Å²) in [7, 11) is 0. The zero-order chi connectivity index (χ0) is 18.8. The number of benzene rings is 3. The summed E-state index contributed by atoms with van der Waals surface area (Å²) < 4.78 is 3.45. The number of para-hydroxylation sites is 1. The number of rotatable bonds is 4. The zero-order valence-corrected chi connectivity index (χ0v) is 15.2. The highest BCUT2D eigenvalue weighted by atomic mass is 16.1. The molecule has 0 aliphatic heterocycles. The van der Waals surface area contributed by atoms with Gasteiger partial charge >= 0.3 is 0 Å². The van der Waals surface area contributed by atoms with Gasteiger partial charge in [-0.15, -0.1) is 0 Å². The van der Waals surface area contributed by atoms with Crippen LogP contribution in [0.3, 0.4) is 0 Å². The van der Waals surface area contributed by atoms with Crippen molar-refractivity contribution in [1.82, 2.24) is 9.13 Å². The molecule has 0 spiro atoms. The van der Waals surface area contributed by atoms with Crippen molar-refractivity contribution in [3.05, 3.63) is 112 Å². The quantitative estimate of drug-likeness (QED) is 0.596. The number of nitrogens with zero attached hydrogens (tertiary/aromatic N) is 2. The molecule has 0 radical (unpaired) electrons. The van der Waals surface area contributed by atoms with Crippen LogP contribution in [-0.2, 0) is 13.1 Å². The third kappa shape index (κ3) is 3.34. The molecule has 0 aliphatic rings. The Morgan fingerprint density at radius 1 is 0.741 bits per heavy atom. The predicted molar refractivity (Wildman–Crippen MR) is 108 cm³/mol. The average Bonchev–Trinajstić information content (AvgIpc) is 2.71. The number of fused-ring (bicyclic) bond motifs is 1. The van der Waals surface area contributed by atoms with E-state index in [9.17, 15) is 4.79 Å². The molecule has 4 heteroatoms. The minimum atomic E-state index is -0.125. The van der Waals surface area contributed by atoms with Crippen LogP contribution >= 0.6 is 0 Å². The number of hydrogen-bond donors (Lipinski definition) is 1. The van der Waals surface area contributed by atoms with E-state index in [0.29, 0.717) is 18.5 Å². The Kier molecular flexibility index (Phi) is 4.47. The molecule has 0 fully saturated rings. The van der Waals surface area contributed by atoms with Crippen LogP contribution in [-0.4, -0.2) is 9.13 Å². The van der Waals surface area contributed by atoms with Gasteiger partial charge in [-0.1, -0.05) is 72.3 Å². The second-order valence-electron chi connectivity index (χ2n) is 6.79. The Balaban J connectivity index is 1.90. The Labute approximate surface area is 157 Å². The van der Waals surface area contributed by atoms with Gasteiger partial charge in [0.05, 0.1) is 24.0 Å². The minimum absolute atomic E-state index is 0.125. The highest BCUT2D eigenvalue weighted by molar-refractivity contribution is 5.77. The second-order valence-corrected chi connectivity index (χ2v) is 6.79. The molecule has 0 saturated heterocycles. The van der Waals surface area contributed by atoms with Gasteiger partial charge in [0.2, 0.25) is 5.62 Å². The third-order valence-electron chi connectivity index (χ3n) is 4.83. The number of aryl methyl sites for hydroxylation is 1. The Bertz CT molecular complexity index is 1200. The van der Waals surface area contributed by atoms with Crippen LogP contribution in [0.25, 0.3) is 10.9 Å². The summed E-state index contributed by atoms with van der Waals surface area (Å²) in [5, 5.41) is 9.37. The van der Waals surface area contributed by atoms with E-state index < -0.39 is 0 Å². The molecule has 27 heavy (non-hydrogen) atoms. The summed E-state index contributed by atoms with van der Waals surface area (Å²) in [4.78, 5) is 13.0. The van der Waals surface area contributed by atoms with Gasteiger partial charge in [0.15, 0.2) is 0 Å². The van der Waals surface area contributed by atoms with E-state index in [-0.39, 0.29) is 11.2 Å². The fraction of sp³-hybridized carbons (Fsp3) is 0.130.